The van der Waals surface area contributed by atoms with Crippen LogP contribution in [0.1, 0.15) is 93.6 Å². The van der Waals surface area contributed by atoms with Crippen LogP contribution in [-0.2, 0) is 30.3 Å². The van der Waals surface area contributed by atoms with E-state index in [4.69, 9.17) is 4.98 Å². The van der Waals surface area contributed by atoms with E-state index in [2.05, 4.69) is 85.7 Å². The number of aromatic nitrogens is 2. The molecule has 0 bridgehead atoms. The Labute approximate surface area is 319 Å². The van der Waals surface area contributed by atoms with Gasteiger partial charge in [-0.1, -0.05) is 91.5 Å². The van der Waals surface area contributed by atoms with Gasteiger partial charge in [0.25, 0.3) is 0 Å². The van der Waals surface area contributed by atoms with E-state index in [0.717, 1.165) is 42.3 Å². The van der Waals surface area contributed by atoms with Gasteiger partial charge in [0.1, 0.15) is 5.76 Å². The van der Waals surface area contributed by atoms with Gasteiger partial charge >= 0.3 is 0 Å². The Morgan fingerprint density at radius 3 is 2.18 bits per heavy atom. The maximum atomic E-state index is 12.2. The Kier molecular flexibility index (Phi) is 12.6. The summed E-state index contributed by atoms with van der Waals surface area (Å²) in [7, 11) is 0. The zero-order chi connectivity index (χ0) is 35.6. The summed E-state index contributed by atoms with van der Waals surface area (Å²) in [6.07, 6.45) is 10.6. The molecular formula is C43H49IrN2O2S2-. The van der Waals surface area contributed by atoms with Crippen LogP contribution < -0.4 is 0 Å². The molecule has 0 amide bonds. The molecule has 0 saturated carbocycles. The number of hydrogen-bond donors (Lipinski definition) is 1. The van der Waals surface area contributed by atoms with Crippen LogP contribution in [0, 0.1) is 16.9 Å². The molecule has 50 heavy (non-hydrogen) atoms. The molecule has 1 radical (unpaired) electrons. The number of carbonyl (C=O) groups excluding carboxylic acids is 1. The van der Waals surface area contributed by atoms with E-state index < -0.39 is 0 Å². The van der Waals surface area contributed by atoms with Crippen LogP contribution in [0.15, 0.2) is 84.3 Å². The van der Waals surface area contributed by atoms with Gasteiger partial charge < -0.3 is 5.11 Å². The summed E-state index contributed by atoms with van der Waals surface area (Å²) >= 11 is 3.53. The zero-order valence-corrected chi connectivity index (χ0v) is 34.8. The molecular weight excluding hydrogens is 833 g/mol. The van der Waals surface area contributed by atoms with Crippen LogP contribution in [0.5, 0.6) is 0 Å². The fourth-order valence-electron chi connectivity index (χ4n) is 6.06. The predicted octanol–water partition coefficient (Wildman–Crippen LogP) is 13.1. The fraction of sp³-hybridized carbons (Fsp3) is 0.372. The number of benzene rings is 2. The van der Waals surface area contributed by atoms with Gasteiger partial charge in [-0.3, -0.25) is 14.8 Å². The first kappa shape index (κ1) is 39.6. The van der Waals surface area contributed by atoms with Gasteiger partial charge in [0, 0.05) is 81.8 Å². The number of aliphatic hydroxyl groups is 1. The van der Waals surface area contributed by atoms with Gasteiger partial charge in [-0.25, -0.2) is 0 Å². The molecule has 0 aliphatic heterocycles. The number of carbonyl (C=O) groups is 1. The molecule has 0 aliphatic rings. The monoisotopic (exact) mass is 882 g/mol. The summed E-state index contributed by atoms with van der Waals surface area (Å²) in [6, 6.07) is 21.0. The van der Waals surface area contributed by atoms with Crippen molar-refractivity contribution in [2.24, 2.45) is 10.8 Å². The average Bonchev–Trinajstić information content (AvgIpc) is 3.78. The van der Waals surface area contributed by atoms with Crippen LogP contribution in [-0.4, -0.2) is 20.9 Å². The normalized spacial score (nSPS) is 12.5. The van der Waals surface area contributed by atoms with Gasteiger partial charge in [-0.05, 0) is 60.1 Å². The van der Waals surface area contributed by atoms with Crippen molar-refractivity contribution in [1.82, 2.24) is 9.97 Å². The van der Waals surface area contributed by atoms with Crippen LogP contribution in [0.25, 0.3) is 52.6 Å². The molecule has 0 unspecified atom stereocenters. The van der Waals surface area contributed by atoms with Crippen molar-refractivity contribution in [3.8, 4) is 21.7 Å². The number of rotatable bonds is 9. The molecule has 0 atom stereocenters. The van der Waals surface area contributed by atoms with E-state index in [1.165, 1.54) is 47.6 Å². The minimum absolute atomic E-state index is 0. The number of hydrogen-bond acceptors (Lipinski definition) is 6. The zero-order valence-electron chi connectivity index (χ0n) is 30.7. The molecule has 0 spiro atoms. The Morgan fingerprint density at radius 2 is 1.52 bits per heavy atom. The molecule has 4 aromatic heterocycles. The standard InChI is InChI=1S/C28H21N2S2.C15H28O2.Ir/c1-28(2,3)23-13-18(12-17-6-4-5-7-19(17)23)27-21-14-25(32-24(21)8-10-30-27)22-15-29-16-26-20(22)9-11-31-26;1-7-14(5,8-2)12(16)11-13(17)15(6,9-3)10-4;/h4-11,13-16H,1-3H3;11,16H,7-10H2,1-6H3;/q-1;;/b;12-11-;. The first-order chi connectivity index (χ1) is 23.3. The second-order valence-corrected chi connectivity index (χ2v) is 16.6. The molecule has 0 fully saturated rings. The molecule has 265 valence electrons. The Bertz CT molecular complexity index is 2130. The van der Waals surface area contributed by atoms with E-state index in [0.29, 0.717) is 0 Å². The largest absolute Gasteiger partial charge is 0.512 e. The van der Waals surface area contributed by atoms with Crippen molar-refractivity contribution in [1.29, 1.82) is 0 Å². The third-order valence-electron chi connectivity index (χ3n) is 10.5. The van der Waals surface area contributed by atoms with E-state index in [9.17, 15) is 9.90 Å². The first-order valence-electron chi connectivity index (χ1n) is 17.4. The number of fused-ring (bicyclic) bond motifs is 3. The number of aliphatic hydroxyl groups excluding tert-OH is 1. The van der Waals surface area contributed by atoms with E-state index >= 15 is 0 Å². The third-order valence-corrected chi connectivity index (χ3v) is 12.5. The summed E-state index contributed by atoms with van der Waals surface area (Å²) < 4.78 is 2.45. The van der Waals surface area contributed by atoms with Gasteiger partial charge in [0.05, 0.1) is 4.70 Å². The summed E-state index contributed by atoms with van der Waals surface area (Å²) in [6.45, 7) is 18.9. The van der Waals surface area contributed by atoms with Crippen molar-refractivity contribution in [2.45, 2.75) is 93.4 Å². The van der Waals surface area contributed by atoms with Gasteiger partial charge in [0.2, 0.25) is 0 Å². The molecule has 7 heteroatoms. The second kappa shape index (κ2) is 16.0. The van der Waals surface area contributed by atoms with E-state index in [1.54, 1.807) is 22.7 Å². The van der Waals surface area contributed by atoms with Crippen molar-refractivity contribution in [3.63, 3.8) is 0 Å². The second-order valence-electron chi connectivity index (χ2n) is 14.5. The smallest absolute Gasteiger partial charge is 0.164 e. The maximum absolute atomic E-state index is 12.2. The van der Waals surface area contributed by atoms with Crippen LogP contribution in [0.3, 0.4) is 0 Å². The number of allylic oxidation sites excluding steroid dienone is 2. The van der Waals surface area contributed by atoms with Crippen LogP contribution in [0.2, 0.25) is 0 Å². The Morgan fingerprint density at radius 1 is 0.840 bits per heavy atom. The van der Waals surface area contributed by atoms with Gasteiger partial charge in [-0.2, -0.15) is 0 Å². The number of thiophene rings is 2. The van der Waals surface area contributed by atoms with E-state index in [-0.39, 0.29) is 47.9 Å². The van der Waals surface area contributed by atoms with Crippen LogP contribution >= 0.6 is 22.7 Å². The first-order valence-corrected chi connectivity index (χ1v) is 19.1. The summed E-state index contributed by atoms with van der Waals surface area (Å²) in [5, 5.41) is 17.1. The van der Waals surface area contributed by atoms with Crippen molar-refractivity contribution in [2.75, 3.05) is 0 Å². The van der Waals surface area contributed by atoms with Crippen LogP contribution in [0.4, 0.5) is 0 Å². The summed E-state index contributed by atoms with van der Waals surface area (Å²) in [5.74, 6) is 0.286. The molecule has 2 aromatic carbocycles. The number of pyridine rings is 2. The van der Waals surface area contributed by atoms with Crippen molar-refractivity contribution < 1.29 is 30.0 Å². The Balaban J connectivity index is 0.000000269. The fourth-order valence-corrected chi connectivity index (χ4v) is 7.92. The van der Waals surface area contributed by atoms with Crippen molar-refractivity contribution in [3.05, 3.63) is 96.0 Å². The average molecular weight is 882 g/mol. The summed E-state index contributed by atoms with van der Waals surface area (Å²) in [4.78, 5) is 22.7. The minimum atomic E-state index is -0.337. The molecule has 6 aromatic rings. The topological polar surface area (TPSA) is 63.1 Å². The Hall–Kier alpha value is -3.22. The SMILES string of the molecule is CC(C)(C)c1cc(-c2nccc3sc(-c4cncc5sccc45)cc23)[c-]c2ccccc12.CCC(C)(CC)C(=O)/C=C(\O)C(C)(CC)CC.[Ir]. The summed E-state index contributed by atoms with van der Waals surface area (Å²) in [5.41, 5.74) is 3.98. The minimum Gasteiger partial charge on any atom is -0.512 e. The van der Waals surface area contributed by atoms with Crippen molar-refractivity contribution >= 4 is 59.4 Å². The van der Waals surface area contributed by atoms with Gasteiger partial charge in [0.15, 0.2) is 5.78 Å². The number of nitrogens with zero attached hydrogens (tertiary/aromatic N) is 2. The molecule has 0 saturated heterocycles. The number of ketones is 1. The van der Waals surface area contributed by atoms with Gasteiger partial charge in [-0.15, -0.1) is 51.8 Å². The third kappa shape index (κ3) is 7.97. The van der Waals surface area contributed by atoms with E-state index in [1.807, 2.05) is 60.1 Å². The molecule has 0 aliphatic carbocycles. The predicted molar refractivity (Wildman–Crippen MR) is 212 cm³/mol. The molecule has 6 rings (SSSR count). The molecule has 1 N–H and O–H groups in total. The molecule has 4 heterocycles. The maximum Gasteiger partial charge on any atom is 0.164 e. The molecule has 4 nitrogen and oxygen atoms in total. The quantitative estimate of drug-likeness (QED) is 0.0893.